The Labute approximate surface area is 134 Å². The molecule has 0 aliphatic rings. The lowest BCUT2D eigenvalue weighted by Gasteiger charge is -2.09. The lowest BCUT2D eigenvalue weighted by molar-refractivity contribution is -0.137. The fourth-order valence-electron chi connectivity index (χ4n) is 2.50. The molecule has 6 heteroatoms. The van der Waals surface area contributed by atoms with E-state index in [2.05, 4.69) is 0 Å². The van der Waals surface area contributed by atoms with Crippen LogP contribution in [0, 0.1) is 0 Å². The molecule has 122 valence electrons. The van der Waals surface area contributed by atoms with E-state index in [4.69, 9.17) is 5.11 Å². The third-order valence-electron chi connectivity index (χ3n) is 3.72. The van der Waals surface area contributed by atoms with Crippen LogP contribution < -0.4 is 0 Å². The number of phenols is 1. The summed E-state index contributed by atoms with van der Waals surface area (Å²) in [4.78, 5) is 11.1. The summed E-state index contributed by atoms with van der Waals surface area (Å²) < 4.78 is 37.8. The number of phenolic OH excluding ortho intramolecular Hbond substituents is 1. The molecule has 24 heavy (non-hydrogen) atoms. The highest BCUT2D eigenvalue weighted by molar-refractivity contribution is 5.98. The number of carboxylic acids is 1. The fourth-order valence-corrected chi connectivity index (χ4v) is 2.50. The number of hydrogen-bond acceptors (Lipinski definition) is 2. The SMILES string of the molecule is O=C(O)c1cc(O)c2ccc(-c3ccc(C(F)(F)F)cc3)cc2c1. The molecule has 0 radical (unpaired) electrons. The van der Waals surface area contributed by atoms with Crippen molar-refractivity contribution >= 4 is 16.7 Å². The fraction of sp³-hybridized carbons (Fsp3) is 0.0556. The zero-order valence-electron chi connectivity index (χ0n) is 12.1. The zero-order chi connectivity index (χ0) is 17.5. The van der Waals surface area contributed by atoms with Crippen molar-refractivity contribution in [3.63, 3.8) is 0 Å². The predicted octanol–water partition coefficient (Wildman–Crippen LogP) is 4.93. The van der Waals surface area contributed by atoms with Gasteiger partial charge < -0.3 is 10.2 Å². The van der Waals surface area contributed by atoms with Gasteiger partial charge in [0, 0.05) is 5.39 Å². The highest BCUT2D eigenvalue weighted by Crippen LogP contribution is 2.33. The molecule has 0 saturated heterocycles. The summed E-state index contributed by atoms with van der Waals surface area (Å²) in [5.74, 6) is -1.34. The van der Waals surface area contributed by atoms with Gasteiger partial charge in [0.1, 0.15) is 5.75 Å². The number of rotatable bonds is 2. The first kappa shape index (κ1) is 15.9. The topological polar surface area (TPSA) is 57.5 Å². The third-order valence-corrected chi connectivity index (χ3v) is 3.72. The number of carboxylic acid groups (broad SMARTS) is 1. The first-order valence-electron chi connectivity index (χ1n) is 6.93. The Hall–Kier alpha value is -3.02. The maximum atomic E-state index is 12.6. The summed E-state index contributed by atoms with van der Waals surface area (Å²) in [5.41, 5.74) is 0.380. The summed E-state index contributed by atoms with van der Waals surface area (Å²) in [7, 11) is 0. The van der Waals surface area contributed by atoms with Gasteiger partial charge in [0.25, 0.3) is 0 Å². The van der Waals surface area contributed by atoms with Crippen LogP contribution in [-0.2, 0) is 6.18 Å². The minimum Gasteiger partial charge on any atom is -0.507 e. The molecular weight excluding hydrogens is 321 g/mol. The van der Waals surface area contributed by atoms with Gasteiger partial charge in [-0.1, -0.05) is 24.3 Å². The van der Waals surface area contributed by atoms with Crippen LogP contribution in [0.2, 0.25) is 0 Å². The quantitative estimate of drug-likeness (QED) is 0.699. The van der Waals surface area contributed by atoms with Crippen molar-refractivity contribution in [2.75, 3.05) is 0 Å². The second kappa shape index (κ2) is 5.56. The van der Waals surface area contributed by atoms with E-state index in [0.29, 0.717) is 21.9 Å². The molecule has 2 N–H and O–H groups in total. The first-order valence-corrected chi connectivity index (χ1v) is 6.93. The van der Waals surface area contributed by atoms with E-state index in [0.717, 1.165) is 18.2 Å². The predicted molar refractivity (Wildman–Crippen MR) is 83.0 cm³/mol. The molecule has 3 nitrogen and oxygen atoms in total. The molecule has 0 aliphatic carbocycles. The molecule has 0 saturated carbocycles. The van der Waals surface area contributed by atoms with Gasteiger partial charge in [-0.2, -0.15) is 13.2 Å². The van der Waals surface area contributed by atoms with Gasteiger partial charge >= 0.3 is 12.1 Å². The summed E-state index contributed by atoms with van der Waals surface area (Å²) in [5, 5.41) is 19.9. The maximum Gasteiger partial charge on any atom is 0.416 e. The van der Waals surface area contributed by atoms with Gasteiger partial charge in [0.15, 0.2) is 0 Å². The van der Waals surface area contributed by atoms with Crippen LogP contribution in [0.3, 0.4) is 0 Å². The molecule has 3 aromatic rings. The van der Waals surface area contributed by atoms with E-state index >= 15 is 0 Å². The number of fused-ring (bicyclic) bond motifs is 1. The second-order valence-corrected chi connectivity index (χ2v) is 5.31. The molecule has 3 aromatic carbocycles. The largest absolute Gasteiger partial charge is 0.507 e. The molecular formula is C18H11F3O3. The van der Waals surface area contributed by atoms with Crippen LogP contribution in [0.15, 0.2) is 54.6 Å². The van der Waals surface area contributed by atoms with Crippen molar-refractivity contribution in [2.45, 2.75) is 6.18 Å². The molecule has 0 spiro atoms. The molecule has 0 aliphatic heterocycles. The lowest BCUT2D eigenvalue weighted by atomic mass is 9.98. The van der Waals surface area contributed by atoms with Crippen molar-refractivity contribution in [1.82, 2.24) is 0 Å². The summed E-state index contributed by atoms with van der Waals surface area (Å²) in [6, 6.07) is 12.1. The van der Waals surface area contributed by atoms with Gasteiger partial charge in [0.05, 0.1) is 11.1 Å². The van der Waals surface area contributed by atoms with Crippen molar-refractivity contribution < 1.29 is 28.2 Å². The monoisotopic (exact) mass is 332 g/mol. The summed E-state index contributed by atoms with van der Waals surface area (Å²) in [6.07, 6.45) is -4.40. The number of alkyl halides is 3. The van der Waals surface area contributed by atoms with Crippen LogP contribution in [0.5, 0.6) is 5.75 Å². The van der Waals surface area contributed by atoms with Gasteiger partial charge in [-0.25, -0.2) is 4.79 Å². The molecule has 0 aromatic heterocycles. The average molecular weight is 332 g/mol. The summed E-state index contributed by atoms with van der Waals surface area (Å²) >= 11 is 0. The summed E-state index contributed by atoms with van der Waals surface area (Å²) in [6.45, 7) is 0. The molecule has 0 fully saturated rings. The normalized spacial score (nSPS) is 11.6. The standard InChI is InChI=1S/C18H11F3O3/c19-18(20,21)14-4-1-10(2-5-14)11-3-6-15-12(7-11)8-13(17(23)24)9-16(15)22/h1-9,22H,(H,23,24). The Balaban J connectivity index is 2.08. The molecule has 0 atom stereocenters. The smallest absolute Gasteiger partial charge is 0.416 e. The number of halogens is 3. The molecule has 0 bridgehead atoms. The molecule has 0 unspecified atom stereocenters. The highest BCUT2D eigenvalue weighted by atomic mass is 19.4. The first-order chi connectivity index (χ1) is 11.3. The molecule has 3 rings (SSSR count). The number of aromatic carboxylic acids is 1. The minimum atomic E-state index is -4.40. The van der Waals surface area contributed by atoms with E-state index < -0.39 is 17.7 Å². The van der Waals surface area contributed by atoms with Crippen LogP contribution in [0.25, 0.3) is 21.9 Å². The van der Waals surface area contributed by atoms with Crippen LogP contribution >= 0.6 is 0 Å². The van der Waals surface area contributed by atoms with Crippen LogP contribution in [0.4, 0.5) is 13.2 Å². The van der Waals surface area contributed by atoms with E-state index in [1.54, 1.807) is 18.2 Å². The number of hydrogen-bond donors (Lipinski definition) is 2. The van der Waals surface area contributed by atoms with Gasteiger partial charge in [-0.15, -0.1) is 0 Å². The number of benzene rings is 3. The van der Waals surface area contributed by atoms with Crippen molar-refractivity contribution in [3.05, 3.63) is 65.7 Å². The Kier molecular flexibility index (Phi) is 3.67. The van der Waals surface area contributed by atoms with Gasteiger partial charge in [0.2, 0.25) is 0 Å². The Morgan fingerprint density at radius 3 is 2.08 bits per heavy atom. The van der Waals surface area contributed by atoms with Crippen molar-refractivity contribution in [1.29, 1.82) is 0 Å². The Morgan fingerprint density at radius 2 is 1.50 bits per heavy atom. The maximum absolute atomic E-state index is 12.6. The third kappa shape index (κ3) is 2.90. The van der Waals surface area contributed by atoms with Crippen molar-refractivity contribution in [2.24, 2.45) is 0 Å². The van der Waals surface area contributed by atoms with Crippen molar-refractivity contribution in [3.8, 4) is 16.9 Å². The lowest BCUT2D eigenvalue weighted by Crippen LogP contribution is -2.03. The Bertz CT molecular complexity index is 929. The van der Waals surface area contributed by atoms with Crippen LogP contribution in [0.1, 0.15) is 15.9 Å². The second-order valence-electron chi connectivity index (χ2n) is 5.31. The van der Waals surface area contributed by atoms with E-state index in [9.17, 15) is 23.1 Å². The number of carbonyl (C=O) groups is 1. The van der Waals surface area contributed by atoms with Gasteiger partial charge in [-0.05, 0) is 46.8 Å². The van der Waals surface area contributed by atoms with E-state index in [1.807, 2.05) is 0 Å². The Morgan fingerprint density at radius 1 is 0.875 bits per heavy atom. The van der Waals surface area contributed by atoms with Crippen LogP contribution in [-0.4, -0.2) is 16.2 Å². The van der Waals surface area contributed by atoms with Gasteiger partial charge in [-0.3, -0.25) is 0 Å². The number of aromatic hydroxyl groups is 1. The minimum absolute atomic E-state index is 0.0652. The molecule has 0 heterocycles. The zero-order valence-corrected chi connectivity index (χ0v) is 12.1. The van der Waals surface area contributed by atoms with E-state index in [-0.39, 0.29) is 11.3 Å². The van der Waals surface area contributed by atoms with E-state index in [1.165, 1.54) is 18.2 Å². The molecule has 0 amide bonds. The highest BCUT2D eigenvalue weighted by Gasteiger charge is 2.29. The average Bonchev–Trinajstić information content (AvgIpc) is 2.53.